The molecule has 3 N–H and O–H groups in total. The molecule has 7 heteroatoms. The number of aromatic nitrogens is 3. The van der Waals surface area contributed by atoms with Crippen LogP contribution in [0.4, 0.5) is 0 Å². The number of pyridine rings is 1. The van der Waals surface area contributed by atoms with Crippen LogP contribution in [0.2, 0.25) is 0 Å². The molecule has 142 valence electrons. The number of benzene rings is 1. The van der Waals surface area contributed by atoms with Gasteiger partial charge < -0.3 is 15.8 Å². The number of nitrogens with two attached hydrogens (primary N) is 1. The van der Waals surface area contributed by atoms with E-state index < -0.39 is 11.6 Å². The van der Waals surface area contributed by atoms with Crippen molar-refractivity contribution in [1.82, 2.24) is 19.9 Å². The van der Waals surface area contributed by atoms with E-state index in [1.54, 1.807) is 13.8 Å². The van der Waals surface area contributed by atoms with Crippen molar-refractivity contribution in [2.75, 3.05) is 6.61 Å². The first kappa shape index (κ1) is 19.0. The molecule has 27 heavy (non-hydrogen) atoms. The third-order valence-electron chi connectivity index (χ3n) is 4.17. The van der Waals surface area contributed by atoms with E-state index in [0.29, 0.717) is 18.1 Å². The number of hydrogen-bond acceptors (Lipinski definition) is 5. The van der Waals surface area contributed by atoms with Gasteiger partial charge in [0.1, 0.15) is 6.04 Å². The monoisotopic (exact) mass is 367 g/mol. The zero-order chi connectivity index (χ0) is 19.4. The quantitative estimate of drug-likeness (QED) is 0.667. The first-order chi connectivity index (χ1) is 12.8. The second-order valence-corrected chi connectivity index (χ2v) is 7.24. The number of rotatable bonds is 7. The molecular weight excluding hydrogens is 342 g/mol. The number of nitrogens with one attached hydrogen (secondary N) is 1. The average molecular weight is 367 g/mol. The minimum atomic E-state index is -1.01. The van der Waals surface area contributed by atoms with E-state index in [0.717, 1.165) is 11.1 Å². The van der Waals surface area contributed by atoms with Gasteiger partial charge in [0.2, 0.25) is 5.91 Å². The number of aryl methyl sites for hydroxylation is 1. The summed E-state index contributed by atoms with van der Waals surface area (Å²) in [5.74, 6) is 0.333. The lowest BCUT2D eigenvalue weighted by molar-refractivity contribution is -0.126. The predicted octanol–water partition coefficient (Wildman–Crippen LogP) is 2.15. The van der Waals surface area contributed by atoms with Crippen LogP contribution < -0.4 is 11.1 Å². The molecule has 1 amide bonds. The van der Waals surface area contributed by atoms with Gasteiger partial charge in [0, 0.05) is 6.20 Å². The van der Waals surface area contributed by atoms with Crippen molar-refractivity contribution in [2.45, 2.75) is 39.0 Å². The fourth-order valence-electron chi connectivity index (χ4n) is 2.65. The lowest BCUT2D eigenvalue weighted by Crippen LogP contribution is -2.50. The highest BCUT2D eigenvalue weighted by Crippen LogP contribution is 2.16. The van der Waals surface area contributed by atoms with Gasteiger partial charge in [-0.3, -0.25) is 9.20 Å². The topological polar surface area (TPSA) is 94.5 Å². The number of amides is 1. The summed E-state index contributed by atoms with van der Waals surface area (Å²) in [6.07, 6.45) is 1.94. The molecule has 0 saturated heterocycles. The molecule has 2 aromatic heterocycles. The lowest BCUT2D eigenvalue weighted by atomic mass is 10.1. The van der Waals surface area contributed by atoms with Crippen LogP contribution in [0.1, 0.15) is 36.8 Å². The summed E-state index contributed by atoms with van der Waals surface area (Å²) in [6.45, 7) is 6.01. The second-order valence-electron chi connectivity index (χ2n) is 7.24. The number of fused-ring (bicyclic) bond motifs is 1. The van der Waals surface area contributed by atoms with Gasteiger partial charge in [-0.1, -0.05) is 36.4 Å². The smallest absolute Gasteiger partial charge is 0.240 e. The van der Waals surface area contributed by atoms with Crippen molar-refractivity contribution in [1.29, 1.82) is 0 Å². The molecule has 0 aliphatic rings. The Kier molecular flexibility index (Phi) is 5.53. The molecule has 2 heterocycles. The molecule has 1 aromatic carbocycles. The van der Waals surface area contributed by atoms with Crippen molar-refractivity contribution in [3.63, 3.8) is 0 Å². The van der Waals surface area contributed by atoms with Gasteiger partial charge in [-0.05, 0) is 38.0 Å². The molecule has 7 nitrogen and oxygen atoms in total. The summed E-state index contributed by atoms with van der Waals surface area (Å²) >= 11 is 0. The summed E-state index contributed by atoms with van der Waals surface area (Å²) in [4.78, 5) is 12.5. The maximum atomic E-state index is 12.5. The van der Waals surface area contributed by atoms with Crippen molar-refractivity contribution in [2.24, 2.45) is 5.73 Å². The lowest BCUT2D eigenvalue weighted by Gasteiger charge is -2.23. The first-order valence-corrected chi connectivity index (χ1v) is 8.87. The second kappa shape index (κ2) is 7.85. The maximum Gasteiger partial charge on any atom is 0.240 e. The molecule has 0 aliphatic carbocycles. The maximum absolute atomic E-state index is 12.5. The summed E-state index contributed by atoms with van der Waals surface area (Å²) in [5, 5.41) is 11.4. The van der Waals surface area contributed by atoms with E-state index in [2.05, 4.69) is 15.5 Å². The summed E-state index contributed by atoms with van der Waals surface area (Å²) in [6, 6.07) is 13.3. The number of carbonyl (C=O) groups is 1. The Morgan fingerprint density at radius 1 is 1.22 bits per heavy atom. The van der Waals surface area contributed by atoms with E-state index in [9.17, 15) is 4.79 Å². The molecule has 3 rings (SSSR count). The zero-order valence-electron chi connectivity index (χ0n) is 15.8. The van der Waals surface area contributed by atoms with Gasteiger partial charge in [-0.25, -0.2) is 0 Å². The molecule has 0 saturated carbocycles. The Hall–Kier alpha value is -2.77. The van der Waals surface area contributed by atoms with Crippen LogP contribution in [0.5, 0.6) is 0 Å². The van der Waals surface area contributed by atoms with Gasteiger partial charge in [0.15, 0.2) is 11.5 Å². The molecule has 0 spiro atoms. The van der Waals surface area contributed by atoms with Crippen molar-refractivity contribution < 1.29 is 9.53 Å². The molecule has 3 aromatic rings. The van der Waals surface area contributed by atoms with E-state index in [4.69, 9.17) is 10.5 Å². The molecule has 0 fully saturated rings. The minimum absolute atomic E-state index is 0.255. The molecule has 1 atom stereocenters. The summed E-state index contributed by atoms with van der Waals surface area (Å²) in [5.41, 5.74) is 7.78. The third-order valence-corrected chi connectivity index (χ3v) is 4.17. The Bertz CT molecular complexity index is 915. The predicted molar refractivity (Wildman–Crippen MR) is 103 cm³/mol. The molecule has 0 bridgehead atoms. The standard InChI is InChI=1S/C20H25N5O2/c1-14-9-10-17-23-24-18(25(17)11-14)16(22-19(26)20(2,3)21)13-27-12-15-7-5-4-6-8-15/h4-11,16H,12-13,21H2,1-3H3,(H,22,26). The Morgan fingerprint density at radius 3 is 2.67 bits per heavy atom. The highest BCUT2D eigenvalue weighted by molar-refractivity contribution is 5.85. The van der Waals surface area contributed by atoms with Gasteiger partial charge in [-0.15, -0.1) is 10.2 Å². The van der Waals surface area contributed by atoms with Gasteiger partial charge in [-0.2, -0.15) is 0 Å². The fourth-order valence-corrected chi connectivity index (χ4v) is 2.65. The van der Waals surface area contributed by atoms with E-state index in [-0.39, 0.29) is 12.5 Å². The van der Waals surface area contributed by atoms with Crippen LogP contribution in [0.25, 0.3) is 5.65 Å². The SMILES string of the molecule is Cc1ccc2nnc(C(COCc3ccccc3)NC(=O)C(C)(C)N)n2c1. The van der Waals surface area contributed by atoms with Crippen molar-refractivity contribution >= 4 is 11.6 Å². The number of hydrogen-bond donors (Lipinski definition) is 2. The van der Waals surface area contributed by atoms with E-state index in [1.165, 1.54) is 0 Å². The number of ether oxygens (including phenoxy) is 1. The Labute approximate surface area is 158 Å². The minimum Gasteiger partial charge on any atom is -0.374 e. The third kappa shape index (κ3) is 4.69. The van der Waals surface area contributed by atoms with Gasteiger partial charge >= 0.3 is 0 Å². The number of carbonyl (C=O) groups excluding carboxylic acids is 1. The summed E-state index contributed by atoms with van der Waals surface area (Å²) < 4.78 is 7.73. The van der Waals surface area contributed by atoms with Crippen molar-refractivity contribution in [3.8, 4) is 0 Å². The molecule has 0 radical (unpaired) electrons. The largest absolute Gasteiger partial charge is 0.374 e. The highest BCUT2D eigenvalue weighted by Gasteiger charge is 2.28. The van der Waals surface area contributed by atoms with Gasteiger partial charge in [0.05, 0.1) is 18.8 Å². The van der Waals surface area contributed by atoms with Crippen LogP contribution in [-0.2, 0) is 16.1 Å². The highest BCUT2D eigenvalue weighted by atomic mass is 16.5. The molecule has 1 unspecified atom stereocenters. The average Bonchev–Trinajstić information content (AvgIpc) is 3.03. The Balaban J connectivity index is 1.82. The van der Waals surface area contributed by atoms with Crippen LogP contribution in [0, 0.1) is 6.92 Å². The van der Waals surface area contributed by atoms with Crippen LogP contribution >= 0.6 is 0 Å². The molecular formula is C20H25N5O2. The van der Waals surface area contributed by atoms with Crippen molar-refractivity contribution in [3.05, 3.63) is 65.6 Å². The van der Waals surface area contributed by atoms with Crippen LogP contribution in [-0.4, -0.2) is 32.7 Å². The van der Waals surface area contributed by atoms with E-state index in [1.807, 2.05) is 60.0 Å². The van der Waals surface area contributed by atoms with Crippen LogP contribution in [0.15, 0.2) is 48.7 Å². The first-order valence-electron chi connectivity index (χ1n) is 8.87. The normalized spacial score (nSPS) is 12.9. The fraction of sp³-hybridized carbons (Fsp3) is 0.350. The molecule has 0 aliphatic heterocycles. The van der Waals surface area contributed by atoms with E-state index >= 15 is 0 Å². The van der Waals surface area contributed by atoms with Gasteiger partial charge in [0.25, 0.3) is 0 Å². The summed E-state index contributed by atoms with van der Waals surface area (Å²) in [7, 11) is 0. The zero-order valence-corrected chi connectivity index (χ0v) is 15.8. The van der Waals surface area contributed by atoms with Crippen LogP contribution in [0.3, 0.4) is 0 Å². The Morgan fingerprint density at radius 2 is 1.96 bits per heavy atom. The number of nitrogens with zero attached hydrogens (tertiary/aromatic N) is 3.